The lowest BCUT2D eigenvalue weighted by Gasteiger charge is -2.37. The van der Waals surface area contributed by atoms with Crippen molar-refractivity contribution >= 4 is 5.91 Å². The Bertz CT molecular complexity index is 1430. The van der Waals surface area contributed by atoms with E-state index in [0.29, 0.717) is 11.8 Å². The van der Waals surface area contributed by atoms with Crippen LogP contribution in [0.3, 0.4) is 0 Å². The minimum Gasteiger partial charge on any atom is -0.495 e. The average Bonchev–Trinajstić information content (AvgIpc) is 3.62. The zero-order valence-electron chi connectivity index (χ0n) is 22.8. The third kappa shape index (κ3) is 5.33. The van der Waals surface area contributed by atoms with E-state index < -0.39 is 0 Å². The van der Waals surface area contributed by atoms with E-state index in [4.69, 9.17) is 14.8 Å². The van der Waals surface area contributed by atoms with Crippen LogP contribution in [-0.2, 0) is 19.4 Å². The van der Waals surface area contributed by atoms with Crippen molar-refractivity contribution in [2.24, 2.45) is 5.92 Å². The summed E-state index contributed by atoms with van der Waals surface area (Å²) in [6, 6.07) is 16.0. The normalized spacial score (nSPS) is 17.7. The summed E-state index contributed by atoms with van der Waals surface area (Å²) in [5.41, 5.74) is 3.94. The maximum atomic E-state index is 12.9. The van der Waals surface area contributed by atoms with Crippen molar-refractivity contribution in [3.8, 4) is 11.4 Å². The molecule has 1 fully saturated rings. The summed E-state index contributed by atoms with van der Waals surface area (Å²) in [5, 5.41) is 4.90. The number of imidazole rings is 1. The minimum absolute atomic E-state index is 0.146. The lowest BCUT2D eigenvalue weighted by molar-refractivity contribution is 0.0669. The number of rotatable bonds is 7. The lowest BCUT2D eigenvalue weighted by Crippen LogP contribution is -2.40. The number of fused-ring (bicyclic) bond motifs is 1. The van der Waals surface area contributed by atoms with Gasteiger partial charge in [0.25, 0.3) is 5.91 Å². The molecule has 2 aliphatic heterocycles. The molecule has 2 aromatic carbocycles. The quantitative estimate of drug-likeness (QED) is 0.340. The van der Waals surface area contributed by atoms with E-state index in [0.717, 1.165) is 92.5 Å². The van der Waals surface area contributed by atoms with Gasteiger partial charge >= 0.3 is 0 Å². The third-order valence-corrected chi connectivity index (χ3v) is 8.25. The largest absolute Gasteiger partial charge is 0.495 e. The van der Waals surface area contributed by atoms with Crippen LogP contribution in [0.4, 0.5) is 0 Å². The van der Waals surface area contributed by atoms with Crippen LogP contribution in [0, 0.1) is 12.8 Å². The first-order valence-corrected chi connectivity index (χ1v) is 14.0. The highest BCUT2D eigenvalue weighted by atomic mass is 16.5. The molecule has 4 heterocycles. The van der Waals surface area contributed by atoms with Crippen molar-refractivity contribution in [3.63, 3.8) is 0 Å². The maximum absolute atomic E-state index is 12.9. The number of likely N-dealkylation sites (tertiary alicyclic amines) is 1. The monoisotopic (exact) mass is 524 g/mol. The number of piperidine rings is 1. The Balaban J connectivity index is 1.10. The second-order valence-corrected chi connectivity index (χ2v) is 10.8. The van der Waals surface area contributed by atoms with Crippen LogP contribution in [0.25, 0.3) is 5.69 Å². The van der Waals surface area contributed by atoms with Gasteiger partial charge in [0.1, 0.15) is 11.6 Å². The number of carbonyl (C=O) groups is 1. The SMILES string of the molecule is COc1cc(CCc2nc3n(n2)CCC[C@H]3C2CCN(C(=O)c3ccccc3)CC2)ccc1-n1cnc(C)c1. The first-order valence-electron chi connectivity index (χ1n) is 14.0. The summed E-state index contributed by atoms with van der Waals surface area (Å²) >= 11 is 0. The number of carbonyl (C=O) groups excluding carboxylic acids is 1. The van der Waals surface area contributed by atoms with Gasteiger partial charge in [-0.15, -0.1) is 0 Å². The molecular weight excluding hydrogens is 488 g/mol. The van der Waals surface area contributed by atoms with Crippen molar-refractivity contribution in [1.82, 2.24) is 29.2 Å². The predicted molar refractivity (Wildman–Crippen MR) is 149 cm³/mol. The Morgan fingerprint density at radius 2 is 1.85 bits per heavy atom. The molecule has 4 aromatic rings. The highest BCUT2D eigenvalue weighted by Gasteiger charge is 2.34. The molecule has 2 aromatic heterocycles. The number of hydrogen-bond acceptors (Lipinski definition) is 5. The van der Waals surface area contributed by atoms with Gasteiger partial charge in [-0.25, -0.2) is 14.6 Å². The number of hydrogen-bond donors (Lipinski definition) is 0. The Kier molecular flexibility index (Phi) is 7.18. The number of aryl methyl sites for hydroxylation is 4. The van der Waals surface area contributed by atoms with Gasteiger partial charge in [0.2, 0.25) is 0 Å². The summed E-state index contributed by atoms with van der Waals surface area (Å²) < 4.78 is 9.83. The molecule has 8 nitrogen and oxygen atoms in total. The summed E-state index contributed by atoms with van der Waals surface area (Å²) in [4.78, 5) is 24.3. The molecular formula is C31H36N6O2. The number of methoxy groups -OCH3 is 1. The summed E-state index contributed by atoms with van der Waals surface area (Å²) in [5.74, 6) is 4.01. The van der Waals surface area contributed by atoms with E-state index in [9.17, 15) is 4.79 Å². The molecule has 0 spiro atoms. The van der Waals surface area contributed by atoms with Gasteiger partial charge in [0, 0.05) is 43.7 Å². The molecule has 2 aliphatic rings. The highest BCUT2D eigenvalue weighted by Crippen LogP contribution is 2.38. The van der Waals surface area contributed by atoms with Crippen molar-refractivity contribution < 1.29 is 9.53 Å². The maximum Gasteiger partial charge on any atom is 0.253 e. The second-order valence-electron chi connectivity index (χ2n) is 10.8. The van der Waals surface area contributed by atoms with E-state index in [1.165, 1.54) is 5.56 Å². The van der Waals surface area contributed by atoms with Gasteiger partial charge in [0.05, 0.1) is 24.8 Å². The summed E-state index contributed by atoms with van der Waals surface area (Å²) in [6.45, 7) is 4.55. The van der Waals surface area contributed by atoms with Crippen LogP contribution in [0.15, 0.2) is 61.1 Å². The molecule has 6 rings (SSSR count). The molecule has 1 atom stereocenters. The van der Waals surface area contributed by atoms with Crippen LogP contribution >= 0.6 is 0 Å². The van der Waals surface area contributed by atoms with Crippen LogP contribution in [-0.4, -0.2) is 55.3 Å². The van der Waals surface area contributed by atoms with Crippen molar-refractivity contribution in [2.45, 2.75) is 57.9 Å². The van der Waals surface area contributed by atoms with Gasteiger partial charge in [-0.1, -0.05) is 24.3 Å². The topological polar surface area (TPSA) is 78.1 Å². The van der Waals surface area contributed by atoms with E-state index in [1.807, 2.05) is 59.2 Å². The minimum atomic E-state index is 0.146. The van der Waals surface area contributed by atoms with Crippen molar-refractivity contribution in [1.29, 1.82) is 0 Å². The molecule has 0 bridgehead atoms. The molecule has 0 aliphatic carbocycles. The Morgan fingerprint density at radius 1 is 1.03 bits per heavy atom. The van der Waals surface area contributed by atoms with E-state index in [1.54, 1.807) is 7.11 Å². The van der Waals surface area contributed by atoms with Crippen LogP contribution in [0.2, 0.25) is 0 Å². The van der Waals surface area contributed by atoms with E-state index in [-0.39, 0.29) is 5.91 Å². The predicted octanol–water partition coefficient (Wildman–Crippen LogP) is 5.00. The van der Waals surface area contributed by atoms with E-state index in [2.05, 4.69) is 27.9 Å². The number of nitrogens with zero attached hydrogens (tertiary/aromatic N) is 6. The first-order chi connectivity index (χ1) is 19.1. The molecule has 39 heavy (non-hydrogen) atoms. The highest BCUT2D eigenvalue weighted by molar-refractivity contribution is 5.94. The molecule has 202 valence electrons. The average molecular weight is 525 g/mol. The number of amides is 1. The van der Waals surface area contributed by atoms with Crippen LogP contribution < -0.4 is 4.74 Å². The fraction of sp³-hybridized carbons (Fsp3) is 0.419. The molecule has 1 saturated heterocycles. The first kappa shape index (κ1) is 25.3. The number of benzene rings is 2. The number of ether oxygens (including phenoxy) is 1. The van der Waals surface area contributed by atoms with Crippen LogP contribution in [0.1, 0.15) is 64.9 Å². The van der Waals surface area contributed by atoms with Crippen molar-refractivity contribution in [3.05, 3.63) is 89.5 Å². The molecule has 1 amide bonds. The van der Waals surface area contributed by atoms with Gasteiger partial charge in [-0.2, -0.15) is 5.10 Å². The molecule has 0 unspecified atom stereocenters. The number of aromatic nitrogens is 5. The molecule has 8 heteroatoms. The Morgan fingerprint density at radius 3 is 2.59 bits per heavy atom. The van der Waals surface area contributed by atoms with Crippen LogP contribution in [0.5, 0.6) is 5.75 Å². The second kappa shape index (κ2) is 11.0. The van der Waals surface area contributed by atoms with Gasteiger partial charge in [0.15, 0.2) is 5.82 Å². The van der Waals surface area contributed by atoms with E-state index >= 15 is 0 Å². The summed E-state index contributed by atoms with van der Waals surface area (Å²) in [6.07, 6.45) is 9.79. The molecule has 0 N–H and O–H groups in total. The zero-order valence-corrected chi connectivity index (χ0v) is 22.8. The standard InChI is InChI=1S/C31H36N6O2/c1-22-20-36(21-32-22)27-12-10-23(19-28(27)39-2)11-13-29-33-30-26(9-6-16-37(30)34-29)24-14-17-35(18-15-24)31(38)25-7-4-3-5-8-25/h3-5,7-8,10,12,19-21,24,26H,6,9,11,13-18H2,1-2H3/t26-/m0/s1. The Labute approximate surface area is 229 Å². The Hall–Kier alpha value is -3.94. The van der Waals surface area contributed by atoms with Gasteiger partial charge in [-0.3, -0.25) is 4.79 Å². The summed E-state index contributed by atoms with van der Waals surface area (Å²) in [7, 11) is 1.71. The van der Waals surface area contributed by atoms with Gasteiger partial charge < -0.3 is 14.2 Å². The fourth-order valence-electron chi connectivity index (χ4n) is 6.15. The molecule has 0 saturated carbocycles. The fourth-order valence-corrected chi connectivity index (χ4v) is 6.15. The molecule has 0 radical (unpaired) electrons. The third-order valence-electron chi connectivity index (χ3n) is 8.25. The lowest BCUT2D eigenvalue weighted by atomic mass is 9.80. The van der Waals surface area contributed by atoms with Crippen molar-refractivity contribution in [2.75, 3.05) is 20.2 Å². The smallest absolute Gasteiger partial charge is 0.253 e. The zero-order chi connectivity index (χ0) is 26.8. The van der Waals surface area contributed by atoms with Gasteiger partial charge in [-0.05, 0) is 74.8 Å².